The third kappa shape index (κ3) is 3.21. The molecular weight excluding hydrogens is 234 g/mol. The summed E-state index contributed by atoms with van der Waals surface area (Å²) in [6.45, 7) is 6.97. The van der Waals surface area contributed by atoms with Gasteiger partial charge >= 0.3 is 6.09 Å². The van der Waals surface area contributed by atoms with Gasteiger partial charge in [0, 0.05) is 19.0 Å². The van der Waals surface area contributed by atoms with Crippen molar-refractivity contribution in [2.45, 2.75) is 45.1 Å². The van der Waals surface area contributed by atoms with E-state index in [2.05, 4.69) is 10.1 Å². The van der Waals surface area contributed by atoms with Gasteiger partial charge in [-0.3, -0.25) is 0 Å². The fourth-order valence-electron chi connectivity index (χ4n) is 2.01. The Hall–Kier alpha value is -1.59. The van der Waals surface area contributed by atoms with E-state index in [1.165, 1.54) is 6.39 Å². The first-order chi connectivity index (χ1) is 8.46. The number of ether oxygens (including phenoxy) is 1. The summed E-state index contributed by atoms with van der Waals surface area (Å²) in [4.78, 5) is 17.7. The van der Waals surface area contributed by atoms with Crippen molar-refractivity contribution in [2.75, 3.05) is 13.1 Å². The Morgan fingerprint density at radius 3 is 2.61 bits per heavy atom. The normalized spacial score (nSPS) is 17.8. The molecule has 0 spiro atoms. The lowest BCUT2D eigenvalue weighted by molar-refractivity contribution is 0.0203. The lowest BCUT2D eigenvalue weighted by Crippen LogP contribution is -2.41. The molecule has 0 aliphatic carbocycles. The predicted octanol–water partition coefficient (Wildman–Crippen LogP) is 2.18. The lowest BCUT2D eigenvalue weighted by atomic mass is 9.96. The standard InChI is InChI=1S/C12H19N3O3/c1-12(2,3)18-11(16)15-6-4-9(5-7-15)10-13-8-17-14-10/h8-9H,4-7H2,1-3H3. The third-order valence-electron chi connectivity index (χ3n) is 2.89. The number of amides is 1. The van der Waals surface area contributed by atoms with Crippen molar-refractivity contribution in [1.29, 1.82) is 0 Å². The maximum Gasteiger partial charge on any atom is 0.410 e. The van der Waals surface area contributed by atoms with Crippen molar-refractivity contribution in [1.82, 2.24) is 15.0 Å². The van der Waals surface area contributed by atoms with Crippen LogP contribution in [0.4, 0.5) is 4.79 Å². The largest absolute Gasteiger partial charge is 0.444 e. The van der Waals surface area contributed by atoms with Crippen molar-refractivity contribution < 1.29 is 14.1 Å². The molecule has 0 atom stereocenters. The molecule has 0 radical (unpaired) electrons. The van der Waals surface area contributed by atoms with E-state index < -0.39 is 5.60 Å². The highest BCUT2D eigenvalue weighted by Crippen LogP contribution is 2.26. The van der Waals surface area contributed by atoms with E-state index in [0.717, 1.165) is 18.7 Å². The van der Waals surface area contributed by atoms with E-state index in [1.54, 1.807) is 4.90 Å². The van der Waals surface area contributed by atoms with Gasteiger partial charge in [0.2, 0.25) is 6.39 Å². The Morgan fingerprint density at radius 2 is 2.11 bits per heavy atom. The van der Waals surface area contributed by atoms with Crippen LogP contribution in [-0.4, -0.2) is 39.8 Å². The molecule has 100 valence electrons. The molecule has 1 aliphatic heterocycles. The van der Waals surface area contributed by atoms with Gasteiger partial charge in [-0.05, 0) is 33.6 Å². The summed E-state index contributed by atoms with van der Waals surface area (Å²) >= 11 is 0. The molecule has 1 amide bonds. The minimum Gasteiger partial charge on any atom is -0.444 e. The molecule has 6 nitrogen and oxygen atoms in total. The van der Waals surface area contributed by atoms with Crippen LogP contribution in [0.15, 0.2) is 10.9 Å². The van der Waals surface area contributed by atoms with Crippen LogP contribution in [0.3, 0.4) is 0 Å². The zero-order valence-electron chi connectivity index (χ0n) is 11.0. The molecule has 0 unspecified atom stereocenters. The Bertz CT molecular complexity index is 389. The van der Waals surface area contributed by atoms with Crippen molar-refractivity contribution in [3.63, 3.8) is 0 Å². The Morgan fingerprint density at radius 1 is 1.44 bits per heavy atom. The van der Waals surface area contributed by atoms with Crippen molar-refractivity contribution in [3.8, 4) is 0 Å². The van der Waals surface area contributed by atoms with Gasteiger partial charge in [-0.1, -0.05) is 5.16 Å². The van der Waals surface area contributed by atoms with Crippen LogP contribution in [-0.2, 0) is 4.74 Å². The number of carbonyl (C=O) groups excluding carboxylic acids is 1. The summed E-state index contributed by atoms with van der Waals surface area (Å²) in [6, 6.07) is 0. The van der Waals surface area contributed by atoms with E-state index in [1.807, 2.05) is 20.8 Å². The first-order valence-corrected chi connectivity index (χ1v) is 6.20. The number of piperidine rings is 1. The molecule has 0 N–H and O–H groups in total. The molecule has 1 fully saturated rings. The molecule has 2 heterocycles. The van der Waals surface area contributed by atoms with E-state index in [9.17, 15) is 4.79 Å². The Kier molecular flexibility index (Phi) is 3.54. The molecule has 1 saturated heterocycles. The fourth-order valence-corrected chi connectivity index (χ4v) is 2.01. The molecular formula is C12H19N3O3. The lowest BCUT2D eigenvalue weighted by Gasteiger charge is -2.32. The van der Waals surface area contributed by atoms with Crippen molar-refractivity contribution in [3.05, 3.63) is 12.2 Å². The summed E-state index contributed by atoms with van der Waals surface area (Å²) in [7, 11) is 0. The second-order valence-electron chi connectivity index (χ2n) is 5.53. The maximum atomic E-state index is 11.9. The highest BCUT2D eigenvalue weighted by Gasteiger charge is 2.28. The minimum atomic E-state index is -0.443. The molecule has 6 heteroatoms. The molecule has 0 aromatic carbocycles. The molecule has 2 rings (SSSR count). The number of likely N-dealkylation sites (tertiary alicyclic amines) is 1. The van der Waals surface area contributed by atoms with E-state index >= 15 is 0 Å². The smallest absolute Gasteiger partial charge is 0.410 e. The van der Waals surface area contributed by atoms with E-state index in [0.29, 0.717) is 13.1 Å². The molecule has 0 bridgehead atoms. The number of hydrogen-bond acceptors (Lipinski definition) is 5. The second kappa shape index (κ2) is 4.96. The van der Waals surface area contributed by atoms with Crippen molar-refractivity contribution >= 4 is 6.09 Å². The van der Waals surface area contributed by atoms with Gasteiger partial charge in [-0.25, -0.2) is 4.79 Å². The highest BCUT2D eigenvalue weighted by molar-refractivity contribution is 5.68. The Balaban J connectivity index is 1.85. The minimum absolute atomic E-state index is 0.242. The zero-order chi connectivity index (χ0) is 13.2. The third-order valence-corrected chi connectivity index (χ3v) is 2.89. The summed E-state index contributed by atoms with van der Waals surface area (Å²) in [5.41, 5.74) is -0.443. The SMILES string of the molecule is CC(C)(C)OC(=O)N1CCC(c2ncon2)CC1. The van der Waals surface area contributed by atoms with E-state index in [4.69, 9.17) is 9.26 Å². The van der Waals surface area contributed by atoms with Crippen LogP contribution in [0, 0.1) is 0 Å². The number of aromatic nitrogens is 2. The van der Waals surface area contributed by atoms with Gasteiger partial charge in [-0.15, -0.1) is 0 Å². The second-order valence-corrected chi connectivity index (χ2v) is 5.53. The molecule has 1 aromatic heterocycles. The van der Waals surface area contributed by atoms with E-state index in [-0.39, 0.29) is 12.0 Å². The highest BCUT2D eigenvalue weighted by atomic mass is 16.6. The first kappa shape index (κ1) is 12.9. The predicted molar refractivity (Wildman–Crippen MR) is 64.1 cm³/mol. The van der Waals surface area contributed by atoms with Crippen LogP contribution >= 0.6 is 0 Å². The van der Waals surface area contributed by atoms with Crippen LogP contribution in [0.25, 0.3) is 0 Å². The summed E-state index contributed by atoms with van der Waals surface area (Å²) in [5.74, 6) is 1.02. The van der Waals surface area contributed by atoms with Gasteiger partial charge in [0.15, 0.2) is 5.82 Å². The number of carbonyl (C=O) groups is 1. The molecule has 1 aromatic rings. The molecule has 1 aliphatic rings. The topological polar surface area (TPSA) is 68.5 Å². The first-order valence-electron chi connectivity index (χ1n) is 6.20. The molecule has 18 heavy (non-hydrogen) atoms. The average Bonchev–Trinajstić information content (AvgIpc) is 2.80. The zero-order valence-corrected chi connectivity index (χ0v) is 11.0. The van der Waals surface area contributed by atoms with Crippen LogP contribution in [0.1, 0.15) is 45.4 Å². The van der Waals surface area contributed by atoms with Crippen LogP contribution in [0.2, 0.25) is 0 Å². The number of hydrogen-bond donors (Lipinski definition) is 0. The van der Waals surface area contributed by atoms with Gasteiger partial charge in [0.25, 0.3) is 0 Å². The average molecular weight is 253 g/mol. The number of rotatable bonds is 1. The summed E-state index contributed by atoms with van der Waals surface area (Å²) in [5, 5.41) is 3.85. The molecule has 0 saturated carbocycles. The Labute approximate surface area is 106 Å². The van der Waals surface area contributed by atoms with Gasteiger partial charge in [0.05, 0.1) is 0 Å². The summed E-state index contributed by atoms with van der Waals surface area (Å²) < 4.78 is 10.1. The monoisotopic (exact) mass is 253 g/mol. The quantitative estimate of drug-likeness (QED) is 0.767. The van der Waals surface area contributed by atoms with Crippen molar-refractivity contribution in [2.24, 2.45) is 0 Å². The van der Waals surface area contributed by atoms with Crippen LogP contribution < -0.4 is 0 Å². The van der Waals surface area contributed by atoms with Gasteiger partial charge in [0.1, 0.15) is 5.60 Å². The van der Waals surface area contributed by atoms with Gasteiger partial charge in [-0.2, -0.15) is 4.98 Å². The fraction of sp³-hybridized carbons (Fsp3) is 0.750. The number of nitrogens with zero attached hydrogens (tertiary/aromatic N) is 3. The maximum absolute atomic E-state index is 11.9. The summed E-state index contributed by atoms with van der Waals surface area (Å²) in [6.07, 6.45) is 2.79. The van der Waals surface area contributed by atoms with Crippen LogP contribution in [0.5, 0.6) is 0 Å². The van der Waals surface area contributed by atoms with Gasteiger partial charge < -0.3 is 14.2 Å².